The molecule has 0 aromatic heterocycles. The molecule has 2 aliphatic rings. The van der Waals surface area contributed by atoms with Crippen molar-refractivity contribution in [2.24, 2.45) is 5.92 Å². The lowest BCUT2D eigenvalue weighted by atomic mass is 9.99. The molecule has 3 heteroatoms. The van der Waals surface area contributed by atoms with Crippen LogP contribution in [-0.4, -0.2) is 48.4 Å². The lowest BCUT2D eigenvalue weighted by molar-refractivity contribution is -0.132. The van der Waals surface area contributed by atoms with E-state index >= 15 is 0 Å². The third-order valence-electron chi connectivity index (χ3n) is 4.48. The van der Waals surface area contributed by atoms with Gasteiger partial charge in [-0.15, -0.1) is 0 Å². The van der Waals surface area contributed by atoms with Crippen LogP contribution in [0.4, 0.5) is 0 Å². The van der Waals surface area contributed by atoms with E-state index in [0.717, 1.165) is 32.0 Å². The zero-order valence-corrected chi connectivity index (χ0v) is 11.9. The first kappa shape index (κ1) is 13.9. The predicted molar refractivity (Wildman–Crippen MR) is 74.5 cm³/mol. The molecule has 2 heterocycles. The van der Waals surface area contributed by atoms with E-state index in [0.29, 0.717) is 5.91 Å². The highest BCUT2D eigenvalue weighted by Crippen LogP contribution is 2.17. The zero-order valence-electron chi connectivity index (χ0n) is 11.9. The molecule has 0 aromatic rings. The molecule has 2 saturated heterocycles. The summed E-state index contributed by atoms with van der Waals surface area (Å²) < 4.78 is 0. The summed E-state index contributed by atoms with van der Waals surface area (Å²) in [6.07, 6.45) is 8.48. The van der Waals surface area contributed by atoms with Crippen LogP contribution in [0.25, 0.3) is 0 Å². The second kappa shape index (κ2) is 7.13. The highest BCUT2D eigenvalue weighted by atomic mass is 16.2. The Hall–Kier alpha value is -0.570. The minimum absolute atomic E-state index is 0.381. The van der Waals surface area contributed by atoms with Crippen molar-refractivity contribution in [2.75, 3.05) is 32.7 Å². The Morgan fingerprint density at radius 1 is 1.00 bits per heavy atom. The third kappa shape index (κ3) is 4.27. The molecule has 18 heavy (non-hydrogen) atoms. The van der Waals surface area contributed by atoms with Crippen molar-refractivity contribution in [2.45, 2.75) is 51.9 Å². The van der Waals surface area contributed by atoms with Gasteiger partial charge in [-0.1, -0.05) is 19.8 Å². The molecule has 3 nitrogen and oxygen atoms in total. The summed E-state index contributed by atoms with van der Waals surface area (Å²) in [7, 11) is 0. The first-order valence-corrected chi connectivity index (χ1v) is 7.76. The van der Waals surface area contributed by atoms with Gasteiger partial charge >= 0.3 is 0 Å². The number of hydrogen-bond acceptors (Lipinski definition) is 2. The highest BCUT2D eigenvalue weighted by Gasteiger charge is 2.20. The number of amides is 1. The largest absolute Gasteiger partial charge is 0.343 e. The SMILES string of the molecule is CC1CCN(C(=O)CCN2CCCCCC2)CC1. The fourth-order valence-corrected chi connectivity index (χ4v) is 3.03. The van der Waals surface area contributed by atoms with Crippen molar-refractivity contribution >= 4 is 5.91 Å². The van der Waals surface area contributed by atoms with Gasteiger partial charge in [0.25, 0.3) is 0 Å². The minimum atomic E-state index is 0.381. The molecule has 0 aromatic carbocycles. The zero-order chi connectivity index (χ0) is 12.8. The molecular formula is C15H28N2O. The Bertz CT molecular complexity index is 251. The van der Waals surface area contributed by atoms with Crippen molar-refractivity contribution in [1.82, 2.24) is 9.80 Å². The average Bonchev–Trinajstić information content (AvgIpc) is 2.65. The highest BCUT2D eigenvalue weighted by molar-refractivity contribution is 5.76. The van der Waals surface area contributed by atoms with Gasteiger partial charge in [0, 0.05) is 26.1 Å². The molecule has 0 bridgehead atoms. The van der Waals surface area contributed by atoms with Crippen molar-refractivity contribution in [3.63, 3.8) is 0 Å². The van der Waals surface area contributed by atoms with Crippen molar-refractivity contribution < 1.29 is 4.79 Å². The van der Waals surface area contributed by atoms with E-state index in [1.165, 1.54) is 51.6 Å². The second-order valence-corrected chi connectivity index (χ2v) is 6.07. The summed E-state index contributed by atoms with van der Waals surface area (Å²) in [6, 6.07) is 0. The molecule has 0 atom stereocenters. The van der Waals surface area contributed by atoms with Gasteiger partial charge in [0.1, 0.15) is 0 Å². The van der Waals surface area contributed by atoms with Gasteiger partial charge in [0.05, 0.1) is 0 Å². The van der Waals surface area contributed by atoms with Gasteiger partial charge in [-0.3, -0.25) is 4.79 Å². The van der Waals surface area contributed by atoms with Crippen molar-refractivity contribution in [3.05, 3.63) is 0 Å². The number of piperidine rings is 1. The van der Waals surface area contributed by atoms with Crippen molar-refractivity contribution in [3.8, 4) is 0 Å². The molecule has 0 aliphatic carbocycles. The van der Waals surface area contributed by atoms with E-state index in [2.05, 4.69) is 16.7 Å². The van der Waals surface area contributed by atoms with Crippen LogP contribution in [0, 0.1) is 5.92 Å². The van der Waals surface area contributed by atoms with Gasteiger partial charge in [-0.25, -0.2) is 0 Å². The Morgan fingerprint density at radius 3 is 2.22 bits per heavy atom. The Labute approximate surface area is 112 Å². The molecule has 0 radical (unpaired) electrons. The van der Waals surface area contributed by atoms with E-state index < -0.39 is 0 Å². The van der Waals surface area contributed by atoms with Crippen LogP contribution in [0.15, 0.2) is 0 Å². The standard InChI is InChI=1S/C15H28N2O/c1-14-6-12-17(13-7-14)15(18)8-11-16-9-4-2-3-5-10-16/h14H,2-13H2,1H3. The maximum absolute atomic E-state index is 12.1. The molecule has 2 fully saturated rings. The van der Waals surface area contributed by atoms with Gasteiger partial charge in [-0.05, 0) is 44.7 Å². The van der Waals surface area contributed by atoms with Crippen LogP contribution in [-0.2, 0) is 4.79 Å². The fraction of sp³-hybridized carbons (Fsp3) is 0.933. The summed E-state index contributed by atoms with van der Waals surface area (Å²) in [4.78, 5) is 16.7. The van der Waals surface area contributed by atoms with Crippen LogP contribution in [0.5, 0.6) is 0 Å². The monoisotopic (exact) mass is 252 g/mol. The number of rotatable bonds is 3. The molecule has 0 N–H and O–H groups in total. The summed E-state index contributed by atoms with van der Waals surface area (Å²) >= 11 is 0. The number of carbonyl (C=O) groups is 1. The summed E-state index contributed by atoms with van der Waals surface area (Å²) in [5.41, 5.74) is 0. The van der Waals surface area contributed by atoms with E-state index in [4.69, 9.17) is 0 Å². The Kier molecular flexibility index (Phi) is 5.48. The summed E-state index contributed by atoms with van der Waals surface area (Å²) in [6.45, 7) is 7.64. The second-order valence-electron chi connectivity index (χ2n) is 6.07. The minimum Gasteiger partial charge on any atom is -0.343 e. The average molecular weight is 252 g/mol. The molecule has 104 valence electrons. The first-order valence-electron chi connectivity index (χ1n) is 7.76. The van der Waals surface area contributed by atoms with Crippen LogP contribution in [0.2, 0.25) is 0 Å². The smallest absolute Gasteiger partial charge is 0.223 e. The molecule has 0 spiro atoms. The van der Waals surface area contributed by atoms with E-state index in [1.54, 1.807) is 0 Å². The molecule has 2 aliphatic heterocycles. The molecule has 0 saturated carbocycles. The normalized spacial score (nSPS) is 23.9. The summed E-state index contributed by atoms with van der Waals surface area (Å²) in [5.74, 6) is 1.19. The predicted octanol–water partition coefficient (Wildman–Crippen LogP) is 2.51. The number of hydrogen-bond donors (Lipinski definition) is 0. The van der Waals surface area contributed by atoms with E-state index in [1.807, 2.05) is 0 Å². The quantitative estimate of drug-likeness (QED) is 0.770. The molecule has 2 rings (SSSR count). The number of carbonyl (C=O) groups excluding carboxylic acids is 1. The molecule has 1 amide bonds. The van der Waals surface area contributed by atoms with Crippen LogP contribution >= 0.6 is 0 Å². The van der Waals surface area contributed by atoms with Crippen LogP contribution in [0.1, 0.15) is 51.9 Å². The van der Waals surface area contributed by atoms with E-state index in [-0.39, 0.29) is 0 Å². The van der Waals surface area contributed by atoms with Crippen molar-refractivity contribution in [1.29, 1.82) is 0 Å². The topological polar surface area (TPSA) is 23.6 Å². The Balaban J connectivity index is 1.67. The van der Waals surface area contributed by atoms with Crippen LogP contribution in [0.3, 0.4) is 0 Å². The number of likely N-dealkylation sites (tertiary alicyclic amines) is 2. The molecule has 0 unspecified atom stereocenters. The lowest BCUT2D eigenvalue weighted by Crippen LogP contribution is -2.39. The van der Waals surface area contributed by atoms with Crippen LogP contribution < -0.4 is 0 Å². The lowest BCUT2D eigenvalue weighted by Gasteiger charge is -2.31. The van der Waals surface area contributed by atoms with E-state index in [9.17, 15) is 4.79 Å². The van der Waals surface area contributed by atoms with Gasteiger partial charge in [0.15, 0.2) is 0 Å². The fourth-order valence-electron chi connectivity index (χ4n) is 3.03. The van der Waals surface area contributed by atoms with Gasteiger partial charge < -0.3 is 9.80 Å². The third-order valence-corrected chi connectivity index (χ3v) is 4.48. The molecular weight excluding hydrogens is 224 g/mol. The maximum atomic E-state index is 12.1. The first-order chi connectivity index (χ1) is 8.75. The van der Waals surface area contributed by atoms with Gasteiger partial charge in [-0.2, -0.15) is 0 Å². The maximum Gasteiger partial charge on any atom is 0.223 e. The summed E-state index contributed by atoms with van der Waals surface area (Å²) in [5, 5.41) is 0. The Morgan fingerprint density at radius 2 is 1.61 bits per heavy atom. The number of nitrogens with zero attached hydrogens (tertiary/aromatic N) is 2. The van der Waals surface area contributed by atoms with Gasteiger partial charge in [0.2, 0.25) is 5.91 Å².